The predicted molar refractivity (Wildman–Crippen MR) is 140 cm³/mol. The van der Waals surface area contributed by atoms with Crippen LogP contribution < -0.4 is 10.6 Å². The summed E-state index contributed by atoms with van der Waals surface area (Å²) in [5.74, 6) is -0.760. The number of fused-ring (bicyclic) bond motifs is 1. The van der Waals surface area contributed by atoms with Gasteiger partial charge < -0.3 is 26.0 Å². The predicted octanol–water partition coefficient (Wildman–Crippen LogP) is 2.59. The molecule has 6 N–H and O–H groups in total. The van der Waals surface area contributed by atoms with Gasteiger partial charge in [-0.25, -0.2) is 9.97 Å². The van der Waals surface area contributed by atoms with Gasteiger partial charge in [0.15, 0.2) is 0 Å². The molecule has 4 aromatic rings. The Bertz CT molecular complexity index is 1430. The zero-order chi connectivity index (χ0) is 26.9. The third-order valence-corrected chi connectivity index (χ3v) is 6.64. The summed E-state index contributed by atoms with van der Waals surface area (Å²) in [5.41, 5.74) is 2.19. The van der Waals surface area contributed by atoms with Crippen molar-refractivity contribution in [3.8, 4) is 5.88 Å². The molecule has 0 saturated heterocycles. The van der Waals surface area contributed by atoms with Gasteiger partial charge in [0.2, 0.25) is 11.7 Å². The van der Waals surface area contributed by atoms with E-state index in [4.69, 9.17) is 5.41 Å². The maximum atomic E-state index is 13.2. The fraction of sp³-hybridized carbons (Fsp3) is 0.333. The summed E-state index contributed by atoms with van der Waals surface area (Å²) >= 11 is 0.918. The van der Waals surface area contributed by atoms with Crippen LogP contribution in [0.5, 0.6) is 5.88 Å². The standard InChI is InChI=1S/C24H28N8O4S/c1-11(2)16-10-32(17-9-26-6-5-15(16)17)24(36)21-27-7-14(8-28-21)30-23-18(22(35)31-37-23)20(25)29-12(3)19(34)13(4)33/h5-13,19,30,33-34H,1-4H3,(H2,25,29)(H,31,35). The van der Waals surface area contributed by atoms with Crippen molar-refractivity contribution in [1.29, 1.82) is 5.41 Å². The lowest BCUT2D eigenvalue weighted by molar-refractivity contribution is 0.0147. The average molecular weight is 525 g/mol. The number of aromatic nitrogens is 5. The van der Waals surface area contributed by atoms with Crippen molar-refractivity contribution in [3.63, 3.8) is 0 Å². The molecule has 0 fully saturated rings. The summed E-state index contributed by atoms with van der Waals surface area (Å²) in [6, 6.07) is 1.22. The van der Waals surface area contributed by atoms with Gasteiger partial charge in [0.25, 0.3) is 5.91 Å². The maximum absolute atomic E-state index is 13.2. The number of rotatable bonds is 8. The molecule has 0 saturated carbocycles. The van der Waals surface area contributed by atoms with Gasteiger partial charge in [-0.3, -0.25) is 19.8 Å². The van der Waals surface area contributed by atoms with Gasteiger partial charge in [0, 0.05) is 17.8 Å². The Morgan fingerprint density at radius 3 is 2.49 bits per heavy atom. The lowest BCUT2D eigenvalue weighted by atomic mass is 10.0. The normalized spacial score (nSPS) is 13.9. The van der Waals surface area contributed by atoms with E-state index in [1.165, 1.54) is 23.9 Å². The van der Waals surface area contributed by atoms with Crippen LogP contribution in [0.25, 0.3) is 10.9 Å². The minimum Gasteiger partial charge on any atom is -0.492 e. The molecular weight excluding hydrogens is 496 g/mol. The highest BCUT2D eigenvalue weighted by Crippen LogP contribution is 2.32. The Kier molecular flexibility index (Phi) is 7.47. The number of hydrogen-bond donors (Lipinski definition) is 6. The smallest absolute Gasteiger partial charge is 0.300 e. The molecule has 0 radical (unpaired) electrons. The topological polar surface area (TPSA) is 182 Å². The largest absolute Gasteiger partial charge is 0.492 e. The molecule has 4 rings (SSSR count). The van der Waals surface area contributed by atoms with Crippen LogP contribution in [-0.2, 0) is 0 Å². The number of nitrogens with zero attached hydrogens (tertiary/aromatic N) is 5. The Labute approximate surface area is 216 Å². The lowest BCUT2D eigenvalue weighted by Gasteiger charge is -2.23. The molecule has 0 spiro atoms. The van der Waals surface area contributed by atoms with E-state index in [-0.39, 0.29) is 29.0 Å². The average Bonchev–Trinajstić information content (AvgIpc) is 3.44. The number of hydrogen-bond acceptors (Lipinski definition) is 11. The molecule has 0 bridgehead atoms. The van der Waals surface area contributed by atoms with Crippen LogP contribution in [0.3, 0.4) is 0 Å². The second-order valence-corrected chi connectivity index (χ2v) is 9.75. The minimum atomic E-state index is -1.12. The van der Waals surface area contributed by atoms with Crippen LogP contribution in [0, 0.1) is 5.41 Å². The Morgan fingerprint density at radius 1 is 1.14 bits per heavy atom. The van der Waals surface area contributed by atoms with Crippen LogP contribution >= 0.6 is 11.5 Å². The molecular formula is C24H28N8O4S. The van der Waals surface area contributed by atoms with Crippen LogP contribution in [0.2, 0.25) is 0 Å². The number of carbonyl (C=O) groups excluding carboxylic acids is 1. The molecule has 0 aromatic carbocycles. The van der Waals surface area contributed by atoms with E-state index in [2.05, 4.69) is 43.8 Å². The van der Waals surface area contributed by atoms with E-state index in [0.29, 0.717) is 16.2 Å². The van der Waals surface area contributed by atoms with E-state index < -0.39 is 24.2 Å². The Morgan fingerprint density at radius 2 is 1.84 bits per heavy atom. The Balaban J connectivity index is 1.54. The molecule has 37 heavy (non-hydrogen) atoms. The number of nitrogens with one attached hydrogen (secondary N) is 3. The number of pyridine rings is 1. The van der Waals surface area contributed by atoms with Crippen molar-refractivity contribution in [1.82, 2.24) is 29.2 Å². The van der Waals surface area contributed by atoms with Gasteiger partial charge in [-0.2, -0.15) is 4.37 Å². The molecule has 4 heterocycles. The number of amidine groups is 1. The van der Waals surface area contributed by atoms with E-state index >= 15 is 0 Å². The molecule has 0 aliphatic heterocycles. The number of aliphatic hydroxyl groups is 2. The molecule has 4 aromatic heterocycles. The van der Waals surface area contributed by atoms with Crippen molar-refractivity contribution < 1.29 is 20.1 Å². The van der Waals surface area contributed by atoms with E-state index in [9.17, 15) is 20.1 Å². The van der Waals surface area contributed by atoms with Gasteiger partial charge in [0.05, 0.1) is 48.0 Å². The number of aromatic hydroxyl groups is 1. The lowest BCUT2D eigenvalue weighted by Crippen LogP contribution is -2.45. The summed E-state index contributed by atoms with van der Waals surface area (Å²) < 4.78 is 5.39. The fourth-order valence-corrected chi connectivity index (χ4v) is 4.58. The first-order chi connectivity index (χ1) is 17.6. The quantitative estimate of drug-likeness (QED) is 0.148. The van der Waals surface area contributed by atoms with Crippen molar-refractivity contribution in [2.75, 3.05) is 5.32 Å². The van der Waals surface area contributed by atoms with E-state index in [1.807, 2.05) is 6.07 Å². The third-order valence-electron chi connectivity index (χ3n) is 5.88. The summed E-state index contributed by atoms with van der Waals surface area (Å²) in [6.45, 7) is 7.15. The number of carbonyl (C=O) groups is 1. The maximum Gasteiger partial charge on any atom is 0.300 e. The second kappa shape index (κ2) is 10.6. The summed E-state index contributed by atoms with van der Waals surface area (Å²) in [7, 11) is 0. The van der Waals surface area contributed by atoms with Crippen molar-refractivity contribution in [2.24, 2.45) is 0 Å². The van der Waals surface area contributed by atoms with Crippen molar-refractivity contribution in [2.45, 2.75) is 51.9 Å². The summed E-state index contributed by atoms with van der Waals surface area (Å²) in [6.07, 6.45) is 5.84. The third kappa shape index (κ3) is 5.28. The van der Waals surface area contributed by atoms with Crippen LogP contribution in [0.1, 0.15) is 55.4 Å². The SMILES string of the molecule is CC(C)c1cn(C(=O)c2ncc(Nc3snc(O)c3C(=N)NC(C)C(O)C(C)O)cn2)c2cnccc12. The second-order valence-electron chi connectivity index (χ2n) is 8.98. The van der Waals surface area contributed by atoms with Gasteiger partial charge in [-0.1, -0.05) is 13.8 Å². The van der Waals surface area contributed by atoms with Gasteiger partial charge >= 0.3 is 0 Å². The highest BCUT2D eigenvalue weighted by atomic mass is 32.1. The zero-order valence-corrected chi connectivity index (χ0v) is 21.5. The van der Waals surface area contributed by atoms with Crippen LogP contribution in [0.15, 0.2) is 37.1 Å². The molecule has 194 valence electrons. The van der Waals surface area contributed by atoms with Gasteiger partial charge in [-0.15, -0.1) is 0 Å². The summed E-state index contributed by atoms with van der Waals surface area (Å²) in [4.78, 5) is 25.8. The van der Waals surface area contributed by atoms with E-state index in [0.717, 1.165) is 22.5 Å². The van der Waals surface area contributed by atoms with Gasteiger partial charge in [0.1, 0.15) is 16.4 Å². The molecule has 12 nitrogen and oxygen atoms in total. The molecule has 13 heteroatoms. The highest BCUT2D eigenvalue weighted by molar-refractivity contribution is 7.11. The zero-order valence-electron chi connectivity index (χ0n) is 20.7. The van der Waals surface area contributed by atoms with Crippen LogP contribution in [-0.4, -0.2) is 69.2 Å². The minimum absolute atomic E-state index is 0.00988. The molecule has 3 unspecified atom stereocenters. The number of anilines is 2. The van der Waals surface area contributed by atoms with Gasteiger partial charge in [-0.05, 0) is 42.9 Å². The first kappa shape index (κ1) is 26.1. The van der Waals surface area contributed by atoms with Crippen LogP contribution in [0.4, 0.5) is 10.7 Å². The molecule has 0 aliphatic rings. The summed E-state index contributed by atoms with van der Waals surface area (Å²) in [5, 5.41) is 45.1. The fourth-order valence-electron chi connectivity index (χ4n) is 3.87. The first-order valence-electron chi connectivity index (χ1n) is 11.6. The molecule has 0 aliphatic carbocycles. The monoisotopic (exact) mass is 524 g/mol. The molecule has 0 amide bonds. The molecule has 3 atom stereocenters. The van der Waals surface area contributed by atoms with E-state index in [1.54, 1.807) is 25.5 Å². The van der Waals surface area contributed by atoms with Crippen molar-refractivity contribution in [3.05, 3.63) is 54.0 Å². The number of aliphatic hydroxyl groups excluding tert-OH is 2. The first-order valence-corrected chi connectivity index (χ1v) is 12.3. The highest BCUT2D eigenvalue weighted by Gasteiger charge is 2.25. The van der Waals surface area contributed by atoms with Crippen molar-refractivity contribution >= 4 is 44.9 Å². The Hall–Kier alpha value is -3.94.